The Balaban J connectivity index is 1.71. The average Bonchev–Trinajstić information content (AvgIpc) is 3.07. The molecule has 0 saturated heterocycles. The Labute approximate surface area is 156 Å². The highest BCUT2D eigenvalue weighted by Crippen LogP contribution is 2.28. The fourth-order valence-electron chi connectivity index (χ4n) is 2.57. The van der Waals surface area contributed by atoms with E-state index < -0.39 is 0 Å². The van der Waals surface area contributed by atoms with Gasteiger partial charge in [-0.25, -0.2) is 0 Å². The van der Waals surface area contributed by atoms with E-state index in [1.165, 1.54) is 0 Å². The highest BCUT2D eigenvalue weighted by molar-refractivity contribution is 6.31. The third-order valence-corrected chi connectivity index (χ3v) is 4.05. The third kappa shape index (κ3) is 3.93. The van der Waals surface area contributed by atoms with Crippen LogP contribution in [0, 0.1) is 12.3 Å². The van der Waals surface area contributed by atoms with E-state index in [9.17, 15) is 4.79 Å². The molecule has 0 bridgehead atoms. The highest BCUT2D eigenvalue weighted by atomic mass is 35.5. The van der Waals surface area contributed by atoms with Gasteiger partial charge in [0.15, 0.2) is 11.5 Å². The number of nitrogens with one attached hydrogen (secondary N) is 2. The van der Waals surface area contributed by atoms with Crippen molar-refractivity contribution < 1.29 is 14.3 Å². The molecule has 3 rings (SSSR count). The summed E-state index contributed by atoms with van der Waals surface area (Å²) in [6.45, 7) is 0.481. The van der Waals surface area contributed by atoms with Crippen LogP contribution >= 0.6 is 11.6 Å². The number of ether oxygens (including phenoxy) is 2. The fraction of sp³-hybridized carbons (Fsp3) is 0.150. The number of methoxy groups -OCH3 is 1. The number of aromatic amines is 1. The molecule has 26 heavy (non-hydrogen) atoms. The monoisotopic (exact) mass is 368 g/mol. The minimum Gasteiger partial charge on any atom is -0.493 e. The van der Waals surface area contributed by atoms with Crippen molar-refractivity contribution in [2.75, 3.05) is 13.7 Å². The zero-order chi connectivity index (χ0) is 18.5. The Bertz CT molecular complexity index is 988. The first kappa shape index (κ1) is 17.7. The lowest BCUT2D eigenvalue weighted by atomic mass is 10.2. The number of terminal acetylenes is 1. The van der Waals surface area contributed by atoms with Crippen LogP contribution in [-0.4, -0.2) is 24.6 Å². The molecule has 6 heteroatoms. The van der Waals surface area contributed by atoms with Crippen molar-refractivity contribution in [1.29, 1.82) is 0 Å². The lowest BCUT2D eigenvalue weighted by molar-refractivity contribution is 0.0946. The van der Waals surface area contributed by atoms with Gasteiger partial charge >= 0.3 is 0 Å². The highest BCUT2D eigenvalue weighted by Gasteiger charge is 2.11. The predicted molar refractivity (Wildman–Crippen MR) is 102 cm³/mol. The third-order valence-electron chi connectivity index (χ3n) is 3.82. The smallest absolute Gasteiger partial charge is 0.267 e. The fourth-order valence-corrected chi connectivity index (χ4v) is 2.75. The van der Waals surface area contributed by atoms with E-state index in [-0.39, 0.29) is 12.5 Å². The lowest BCUT2D eigenvalue weighted by Crippen LogP contribution is -2.23. The van der Waals surface area contributed by atoms with Crippen LogP contribution in [0.25, 0.3) is 10.9 Å². The first-order valence-corrected chi connectivity index (χ1v) is 8.28. The summed E-state index contributed by atoms with van der Waals surface area (Å²) in [6.07, 6.45) is 5.23. The Hall–Kier alpha value is -3.10. The van der Waals surface area contributed by atoms with E-state index in [1.54, 1.807) is 31.4 Å². The molecule has 2 N–H and O–H groups in total. The maximum Gasteiger partial charge on any atom is 0.267 e. The van der Waals surface area contributed by atoms with Gasteiger partial charge in [-0.2, -0.15) is 0 Å². The van der Waals surface area contributed by atoms with Gasteiger partial charge in [0, 0.05) is 22.5 Å². The minimum absolute atomic E-state index is 0.143. The Kier molecular flexibility index (Phi) is 5.35. The van der Waals surface area contributed by atoms with Crippen molar-refractivity contribution in [3.8, 4) is 23.8 Å². The van der Waals surface area contributed by atoms with E-state index in [4.69, 9.17) is 27.5 Å². The van der Waals surface area contributed by atoms with Gasteiger partial charge in [-0.1, -0.05) is 23.6 Å². The summed E-state index contributed by atoms with van der Waals surface area (Å²) < 4.78 is 10.7. The first-order chi connectivity index (χ1) is 12.6. The van der Waals surface area contributed by atoms with Gasteiger partial charge in [0.1, 0.15) is 12.3 Å². The largest absolute Gasteiger partial charge is 0.493 e. The lowest BCUT2D eigenvalue weighted by Gasteiger charge is -2.11. The molecule has 5 nitrogen and oxygen atoms in total. The number of carbonyl (C=O) groups excluding carboxylic acids is 1. The maximum atomic E-state index is 12.4. The van der Waals surface area contributed by atoms with Gasteiger partial charge in [0.25, 0.3) is 5.91 Å². The summed E-state index contributed by atoms with van der Waals surface area (Å²) in [5.41, 5.74) is 2.19. The zero-order valence-corrected chi connectivity index (χ0v) is 14.9. The Morgan fingerprint density at radius 3 is 2.85 bits per heavy atom. The zero-order valence-electron chi connectivity index (χ0n) is 14.1. The number of rotatable bonds is 6. The molecule has 3 aromatic rings. The second kappa shape index (κ2) is 7.85. The van der Waals surface area contributed by atoms with Gasteiger partial charge in [0.05, 0.1) is 7.11 Å². The van der Waals surface area contributed by atoms with Crippen LogP contribution in [0.2, 0.25) is 5.02 Å². The van der Waals surface area contributed by atoms with Crippen LogP contribution in [-0.2, 0) is 6.54 Å². The summed E-state index contributed by atoms with van der Waals surface area (Å²) in [6, 6.07) is 12.6. The van der Waals surface area contributed by atoms with Crippen molar-refractivity contribution in [2.45, 2.75) is 6.54 Å². The van der Waals surface area contributed by atoms with Crippen molar-refractivity contribution >= 4 is 28.4 Å². The first-order valence-electron chi connectivity index (χ1n) is 7.90. The van der Waals surface area contributed by atoms with E-state index in [0.29, 0.717) is 28.8 Å². The number of amides is 1. The van der Waals surface area contributed by atoms with Crippen LogP contribution < -0.4 is 14.8 Å². The molecule has 0 spiro atoms. The summed E-state index contributed by atoms with van der Waals surface area (Å²) in [4.78, 5) is 15.5. The molecule has 0 aliphatic heterocycles. The number of aromatic nitrogens is 1. The van der Waals surface area contributed by atoms with E-state index >= 15 is 0 Å². The molecule has 0 radical (unpaired) electrons. The Morgan fingerprint density at radius 1 is 1.23 bits per heavy atom. The molecule has 132 valence electrons. The van der Waals surface area contributed by atoms with Gasteiger partial charge in [0.2, 0.25) is 0 Å². The Morgan fingerprint density at radius 2 is 2.08 bits per heavy atom. The average molecular weight is 369 g/mol. The second-order valence-corrected chi connectivity index (χ2v) is 6.01. The summed E-state index contributed by atoms with van der Waals surface area (Å²) >= 11 is 5.98. The van der Waals surface area contributed by atoms with E-state index in [1.807, 2.05) is 18.2 Å². The normalized spacial score (nSPS) is 10.3. The van der Waals surface area contributed by atoms with Gasteiger partial charge in [-0.15, -0.1) is 6.42 Å². The van der Waals surface area contributed by atoms with Crippen LogP contribution in [0.4, 0.5) is 0 Å². The molecule has 0 saturated carbocycles. The van der Waals surface area contributed by atoms with Crippen molar-refractivity contribution in [3.05, 3.63) is 58.7 Å². The standard InChI is InChI=1S/C20H17ClN2O3/c1-3-8-26-19-9-13(4-7-18(19)25-2)12-22-20(24)17-11-14-10-15(21)5-6-16(14)23-17/h1,4-7,9-11,23H,8,12H2,2H3,(H,22,24). The molecule has 1 heterocycles. The van der Waals surface area contributed by atoms with Crippen molar-refractivity contribution in [2.24, 2.45) is 0 Å². The maximum absolute atomic E-state index is 12.4. The number of benzene rings is 2. The minimum atomic E-state index is -0.209. The van der Waals surface area contributed by atoms with E-state index in [2.05, 4.69) is 16.2 Å². The molecule has 1 amide bonds. The van der Waals surface area contributed by atoms with Crippen molar-refractivity contribution in [1.82, 2.24) is 10.3 Å². The van der Waals surface area contributed by atoms with Gasteiger partial charge in [-0.3, -0.25) is 4.79 Å². The van der Waals surface area contributed by atoms with Crippen LogP contribution in [0.5, 0.6) is 11.5 Å². The molecule has 0 unspecified atom stereocenters. The molecular weight excluding hydrogens is 352 g/mol. The van der Waals surface area contributed by atoms with E-state index in [0.717, 1.165) is 16.5 Å². The summed E-state index contributed by atoms with van der Waals surface area (Å²) in [7, 11) is 1.56. The quantitative estimate of drug-likeness (QED) is 0.651. The van der Waals surface area contributed by atoms with Crippen LogP contribution in [0.3, 0.4) is 0 Å². The van der Waals surface area contributed by atoms with Crippen LogP contribution in [0.1, 0.15) is 16.1 Å². The number of H-pyrrole nitrogens is 1. The number of carbonyl (C=O) groups is 1. The molecule has 0 aliphatic carbocycles. The molecule has 0 aliphatic rings. The van der Waals surface area contributed by atoms with Crippen LogP contribution in [0.15, 0.2) is 42.5 Å². The van der Waals surface area contributed by atoms with Gasteiger partial charge < -0.3 is 19.8 Å². The predicted octanol–water partition coefficient (Wildman–Crippen LogP) is 3.77. The van der Waals surface area contributed by atoms with Gasteiger partial charge in [-0.05, 0) is 42.0 Å². The number of hydrogen-bond acceptors (Lipinski definition) is 3. The SMILES string of the molecule is C#CCOc1cc(CNC(=O)c2cc3cc(Cl)ccc3[nH]2)ccc1OC. The number of halogens is 1. The molecule has 0 atom stereocenters. The topological polar surface area (TPSA) is 63.3 Å². The molecule has 0 fully saturated rings. The summed E-state index contributed by atoms with van der Waals surface area (Å²) in [5, 5.41) is 4.38. The molecule has 1 aromatic heterocycles. The molecular formula is C20H17ClN2O3. The number of fused-ring (bicyclic) bond motifs is 1. The number of hydrogen-bond donors (Lipinski definition) is 2. The molecule has 2 aromatic carbocycles. The summed E-state index contributed by atoms with van der Waals surface area (Å²) in [5.74, 6) is 3.33. The van der Waals surface area contributed by atoms with Crippen molar-refractivity contribution in [3.63, 3.8) is 0 Å². The second-order valence-electron chi connectivity index (χ2n) is 5.58.